The monoisotopic (exact) mass is 394 g/mol. The fourth-order valence-electron chi connectivity index (χ4n) is 3.64. The van der Waals surface area contributed by atoms with Crippen LogP contribution < -0.4 is 21.3 Å². The van der Waals surface area contributed by atoms with Gasteiger partial charge in [-0.2, -0.15) is 0 Å². The number of guanidine groups is 1. The van der Waals surface area contributed by atoms with E-state index in [9.17, 15) is 4.79 Å². The van der Waals surface area contributed by atoms with E-state index in [0.29, 0.717) is 19.6 Å². The summed E-state index contributed by atoms with van der Waals surface area (Å²) >= 11 is 0. The highest BCUT2D eigenvalue weighted by Gasteiger charge is 2.25. The maximum Gasteiger partial charge on any atom is 0.222 e. The molecule has 1 aromatic carbocycles. The number of nitrogens with zero attached hydrogens (tertiary/aromatic N) is 3. The summed E-state index contributed by atoms with van der Waals surface area (Å²) in [6, 6.07) is 12.3. The van der Waals surface area contributed by atoms with Crippen molar-refractivity contribution in [3.63, 3.8) is 0 Å². The van der Waals surface area contributed by atoms with E-state index < -0.39 is 0 Å². The molecule has 1 unspecified atom stereocenters. The normalized spacial score (nSPS) is 17.1. The van der Waals surface area contributed by atoms with Crippen molar-refractivity contribution in [3.8, 4) is 0 Å². The number of amides is 1. The molecule has 7 nitrogen and oxygen atoms in total. The summed E-state index contributed by atoms with van der Waals surface area (Å²) in [4.78, 5) is 22.7. The van der Waals surface area contributed by atoms with Gasteiger partial charge in [-0.15, -0.1) is 0 Å². The lowest BCUT2D eigenvalue weighted by molar-refractivity contribution is -0.122. The number of rotatable bonds is 6. The van der Waals surface area contributed by atoms with Gasteiger partial charge in [0.25, 0.3) is 0 Å². The summed E-state index contributed by atoms with van der Waals surface area (Å²) in [5, 5.41) is 6.73. The largest absolute Gasteiger partial charge is 0.369 e. The van der Waals surface area contributed by atoms with Crippen LogP contribution in [-0.4, -0.2) is 37.0 Å². The summed E-state index contributed by atoms with van der Waals surface area (Å²) in [5.41, 5.74) is 9.09. The quantitative estimate of drug-likeness (QED) is 0.514. The Morgan fingerprint density at radius 3 is 2.66 bits per heavy atom. The highest BCUT2D eigenvalue weighted by Crippen LogP contribution is 2.24. The Labute approximate surface area is 172 Å². The third kappa shape index (κ3) is 5.47. The summed E-state index contributed by atoms with van der Waals surface area (Å²) < 4.78 is 0. The second-order valence-electron chi connectivity index (χ2n) is 7.38. The first-order valence-electron chi connectivity index (χ1n) is 10.1. The summed E-state index contributed by atoms with van der Waals surface area (Å²) in [5.74, 6) is 1.29. The second-order valence-corrected chi connectivity index (χ2v) is 7.38. The van der Waals surface area contributed by atoms with Crippen molar-refractivity contribution in [2.75, 3.05) is 25.0 Å². The molecule has 0 aliphatic carbocycles. The molecule has 1 aliphatic heterocycles. The van der Waals surface area contributed by atoms with Crippen LogP contribution in [0.1, 0.15) is 29.5 Å². The van der Waals surface area contributed by atoms with E-state index in [2.05, 4.69) is 50.6 Å². The van der Waals surface area contributed by atoms with Crippen molar-refractivity contribution in [1.82, 2.24) is 15.6 Å². The first-order valence-corrected chi connectivity index (χ1v) is 10.1. The van der Waals surface area contributed by atoms with Gasteiger partial charge in [-0.05, 0) is 37.0 Å². The Bertz CT molecular complexity index is 866. The first kappa shape index (κ1) is 20.6. The van der Waals surface area contributed by atoms with Gasteiger partial charge < -0.3 is 21.3 Å². The molecule has 0 bridgehead atoms. The van der Waals surface area contributed by atoms with Crippen molar-refractivity contribution >= 4 is 17.7 Å². The van der Waals surface area contributed by atoms with E-state index in [0.717, 1.165) is 36.7 Å². The smallest absolute Gasteiger partial charge is 0.222 e. The fourth-order valence-corrected chi connectivity index (χ4v) is 3.64. The first-order chi connectivity index (χ1) is 14.1. The Balaban J connectivity index is 1.63. The van der Waals surface area contributed by atoms with Gasteiger partial charge in [0, 0.05) is 45.0 Å². The molecule has 0 spiro atoms. The van der Waals surface area contributed by atoms with Gasteiger partial charge in [0.05, 0.1) is 5.92 Å². The lowest BCUT2D eigenvalue weighted by Gasteiger charge is -2.33. The molecule has 29 heavy (non-hydrogen) atoms. The fraction of sp³-hybridized carbons (Fsp3) is 0.409. The van der Waals surface area contributed by atoms with Crippen LogP contribution >= 0.6 is 0 Å². The number of carbonyl (C=O) groups is 1. The van der Waals surface area contributed by atoms with Crippen molar-refractivity contribution in [2.45, 2.75) is 32.9 Å². The Morgan fingerprint density at radius 1 is 1.21 bits per heavy atom. The third-order valence-electron chi connectivity index (χ3n) is 5.37. The molecular formula is C22H30N6O. The van der Waals surface area contributed by atoms with Gasteiger partial charge in [-0.1, -0.05) is 30.3 Å². The zero-order valence-corrected chi connectivity index (χ0v) is 17.2. The molecule has 1 aliphatic rings. The summed E-state index contributed by atoms with van der Waals surface area (Å²) in [6.07, 6.45) is 3.58. The highest BCUT2D eigenvalue weighted by atomic mass is 16.1. The average molecular weight is 395 g/mol. The van der Waals surface area contributed by atoms with Crippen LogP contribution in [0.2, 0.25) is 0 Å². The van der Waals surface area contributed by atoms with E-state index in [1.807, 2.05) is 18.2 Å². The van der Waals surface area contributed by atoms with Crippen LogP contribution in [-0.2, 0) is 17.9 Å². The number of aromatic nitrogens is 1. The van der Waals surface area contributed by atoms with Crippen LogP contribution in [0.4, 0.5) is 5.82 Å². The number of piperidine rings is 1. The molecule has 3 rings (SSSR count). The molecule has 154 valence electrons. The van der Waals surface area contributed by atoms with Crippen molar-refractivity contribution in [2.24, 2.45) is 16.6 Å². The SMILES string of the molecule is CN=C(NCc1ccccc1C)NCc1cccnc1N1CCCC(C(N)=O)C1. The molecule has 1 fully saturated rings. The number of primary amides is 1. The van der Waals surface area contributed by atoms with Crippen LogP contribution in [0.15, 0.2) is 47.6 Å². The molecule has 2 aromatic rings. The van der Waals surface area contributed by atoms with Crippen LogP contribution in [0, 0.1) is 12.8 Å². The predicted octanol–water partition coefficient (Wildman–Crippen LogP) is 1.96. The number of aryl methyl sites for hydroxylation is 1. The van der Waals surface area contributed by atoms with Gasteiger partial charge in [0.15, 0.2) is 5.96 Å². The van der Waals surface area contributed by atoms with Crippen molar-refractivity contribution in [1.29, 1.82) is 0 Å². The molecule has 1 amide bonds. The van der Waals surface area contributed by atoms with E-state index in [1.165, 1.54) is 11.1 Å². The minimum absolute atomic E-state index is 0.116. The standard InChI is InChI=1S/C22H30N6O/c1-16-7-3-4-8-17(16)13-26-22(24-2)27-14-18-9-5-11-25-21(18)28-12-6-10-19(15-28)20(23)29/h3-5,7-9,11,19H,6,10,12-15H2,1-2H3,(H2,23,29)(H2,24,26,27). The average Bonchev–Trinajstić information content (AvgIpc) is 2.75. The second kappa shape index (κ2) is 9.91. The Hall–Kier alpha value is -3.09. The zero-order chi connectivity index (χ0) is 20.6. The molecule has 4 N–H and O–H groups in total. The van der Waals surface area contributed by atoms with Gasteiger partial charge in [-0.25, -0.2) is 4.98 Å². The van der Waals surface area contributed by atoms with Crippen molar-refractivity contribution < 1.29 is 4.79 Å². The molecular weight excluding hydrogens is 364 g/mol. The third-order valence-corrected chi connectivity index (χ3v) is 5.37. The maximum absolute atomic E-state index is 11.6. The van der Waals surface area contributed by atoms with Gasteiger partial charge in [0.1, 0.15) is 5.82 Å². The molecule has 0 saturated carbocycles. The summed E-state index contributed by atoms with van der Waals surface area (Å²) in [7, 11) is 1.76. The molecule has 0 radical (unpaired) electrons. The topological polar surface area (TPSA) is 95.6 Å². The highest BCUT2D eigenvalue weighted by molar-refractivity contribution is 5.80. The number of nitrogens with two attached hydrogens (primary N) is 1. The number of anilines is 1. The van der Waals surface area contributed by atoms with E-state index in [4.69, 9.17) is 5.73 Å². The van der Waals surface area contributed by atoms with Gasteiger partial charge in [-0.3, -0.25) is 9.79 Å². The number of carbonyl (C=O) groups excluding carboxylic acids is 1. The molecule has 1 aromatic heterocycles. The van der Waals surface area contributed by atoms with E-state index in [1.54, 1.807) is 13.2 Å². The molecule has 1 saturated heterocycles. The zero-order valence-electron chi connectivity index (χ0n) is 17.2. The van der Waals surface area contributed by atoms with Crippen LogP contribution in [0.25, 0.3) is 0 Å². The van der Waals surface area contributed by atoms with Gasteiger partial charge in [0.2, 0.25) is 5.91 Å². The van der Waals surface area contributed by atoms with Gasteiger partial charge >= 0.3 is 0 Å². The van der Waals surface area contributed by atoms with Crippen LogP contribution in [0.5, 0.6) is 0 Å². The number of hydrogen-bond donors (Lipinski definition) is 3. The maximum atomic E-state index is 11.6. The molecule has 2 heterocycles. The van der Waals surface area contributed by atoms with E-state index in [-0.39, 0.29) is 11.8 Å². The lowest BCUT2D eigenvalue weighted by atomic mass is 9.97. The molecule has 7 heteroatoms. The van der Waals surface area contributed by atoms with Crippen molar-refractivity contribution in [3.05, 3.63) is 59.3 Å². The Kier molecular flexibility index (Phi) is 7.05. The number of aliphatic imine (C=N–C) groups is 1. The molecule has 1 atom stereocenters. The van der Waals surface area contributed by atoms with Crippen LogP contribution in [0.3, 0.4) is 0 Å². The minimum Gasteiger partial charge on any atom is -0.369 e. The summed E-state index contributed by atoms with van der Waals surface area (Å²) in [6.45, 7) is 4.91. The van der Waals surface area contributed by atoms with E-state index >= 15 is 0 Å². The number of nitrogens with one attached hydrogen (secondary N) is 2. The predicted molar refractivity (Wildman–Crippen MR) is 117 cm³/mol. The lowest BCUT2D eigenvalue weighted by Crippen LogP contribution is -2.42. The minimum atomic E-state index is -0.230. The number of pyridine rings is 1. The number of hydrogen-bond acceptors (Lipinski definition) is 4. The Morgan fingerprint density at radius 2 is 1.93 bits per heavy atom. The number of benzene rings is 1.